The summed E-state index contributed by atoms with van der Waals surface area (Å²) in [5.74, 6) is 1.32. The van der Waals surface area contributed by atoms with Gasteiger partial charge in [0.2, 0.25) is 0 Å². The Morgan fingerprint density at radius 3 is 2.48 bits per heavy atom. The van der Waals surface area contributed by atoms with Crippen molar-refractivity contribution in [3.05, 3.63) is 74.6 Å². The zero-order chi connectivity index (χ0) is 23.6. The fourth-order valence-corrected chi connectivity index (χ4v) is 5.72. The molecule has 0 fully saturated rings. The maximum absolute atomic E-state index is 13.4. The lowest BCUT2D eigenvalue weighted by atomic mass is 9.72. The number of nitrogens with zero attached hydrogens (tertiary/aromatic N) is 1. The molecule has 1 amide bonds. The first-order valence-corrected chi connectivity index (χ1v) is 12.7. The minimum absolute atomic E-state index is 0.0917. The Bertz CT molecular complexity index is 1160. The lowest BCUT2D eigenvalue weighted by molar-refractivity contribution is 0.102. The Hall–Kier alpha value is -2.44. The number of hydrogen-bond acceptors (Lipinski definition) is 4. The quantitative estimate of drug-likeness (QED) is 0.348. The van der Waals surface area contributed by atoms with Crippen molar-refractivity contribution in [3.63, 3.8) is 0 Å². The van der Waals surface area contributed by atoms with E-state index < -0.39 is 0 Å². The van der Waals surface area contributed by atoms with Gasteiger partial charge in [0.05, 0.1) is 12.7 Å². The number of anilines is 1. The van der Waals surface area contributed by atoms with Gasteiger partial charge in [-0.25, -0.2) is 4.99 Å². The molecule has 2 aromatic carbocycles. The number of carbonyl (C=O) groups is 1. The molecule has 1 heterocycles. The number of thiophene rings is 1. The Labute approximate surface area is 208 Å². The second-order valence-electron chi connectivity index (χ2n) is 9.48. The lowest BCUT2D eigenvalue weighted by Gasteiger charge is -2.33. The van der Waals surface area contributed by atoms with Crippen LogP contribution in [0.5, 0.6) is 5.75 Å². The summed E-state index contributed by atoms with van der Waals surface area (Å²) in [5, 5.41) is 3.85. The molecule has 33 heavy (non-hydrogen) atoms. The van der Waals surface area contributed by atoms with Crippen LogP contribution < -0.4 is 10.1 Å². The molecule has 1 unspecified atom stereocenters. The number of amides is 1. The van der Waals surface area contributed by atoms with Gasteiger partial charge in [-0.15, -0.1) is 11.3 Å². The number of halogens is 1. The van der Waals surface area contributed by atoms with Crippen LogP contribution in [0, 0.1) is 11.3 Å². The summed E-state index contributed by atoms with van der Waals surface area (Å²) in [6, 6.07) is 15.4. The first-order valence-electron chi connectivity index (χ1n) is 11.1. The number of rotatable bonds is 5. The molecule has 1 atom stereocenters. The Morgan fingerprint density at radius 1 is 1.15 bits per heavy atom. The van der Waals surface area contributed by atoms with Crippen molar-refractivity contribution in [2.75, 3.05) is 12.4 Å². The van der Waals surface area contributed by atoms with Crippen molar-refractivity contribution < 1.29 is 9.53 Å². The molecule has 1 aliphatic carbocycles. The molecule has 0 spiro atoms. The topological polar surface area (TPSA) is 50.7 Å². The minimum Gasteiger partial charge on any atom is -0.497 e. The van der Waals surface area contributed by atoms with Crippen molar-refractivity contribution in [3.8, 4) is 5.75 Å². The largest absolute Gasteiger partial charge is 0.497 e. The number of carbonyl (C=O) groups excluding carboxylic acids is 1. The fourth-order valence-electron chi connectivity index (χ4n) is 4.19. The molecule has 0 bridgehead atoms. The third-order valence-corrected chi connectivity index (χ3v) is 7.94. The molecule has 0 aliphatic heterocycles. The van der Waals surface area contributed by atoms with Gasteiger partial charge < -0.3 is 10.1 Å². The Kier molecular flexibility index (Phi) is 7.05. The Balaban J connectivity index is 1.68. The number of aliphatic imine (C=N–C) groups is 1. The molecule has 4 rings (SSSR count). The van der Waals surface area contributed by atoms with E-state index in [0.29, 0.717) is 5.92 Å². The van der Waals surface area contributed by atoms with Gasteiger partial charge in [-0.3, -0.25) is 4.79 Å². The van der Waals surface area contributed by atoms with Crippen LogP contribution in [0.2, 0.25) is 0 Å². The van der Waals surface area contributed by atoms with Crippen LogP contribution in [0.4, 0.5) is 10.7 Å². The van der Waals surface area contributed by atoms with Gasteiger partial charge >= 0.3 is 0 Å². The molecule has 6 heteroatoms. The molecule has 0 saturated carbocycles. The highest BCUT2D eigenvalue weighted by Gasteiger charge is 2.33. The van der Waals surface area contributed by atoms with E-state index in [-0.39, 0.29) is 11.3 Å². The van der Waals surface area contributed by atoms with Gasteiger partial charge in [0, 0.05) is 21.3 Å². The molecular formula is C27H29BrN2O2S. The number of fused-ring (bicyclic) bond motifs is 1. The van der Waals surface area contributed by atoms with Gasteiger partial charge in [0.25, 0.3) is 5.91 Å². The Morgan fingerprint density at radius 2 is 1.85 bits per heavy atom. The minimum atomic E-state index is -0.0917. The van der Waals surface area contributed by atoms with Gasteiger partial charge in [-0.1, -0.05) is 36.7 Å². The molecule has 3 aromatic rings. The van der Waals surface area contributed by atoms with E-state index in [1.165, 1.54) is 4.88 Å². The molecule has 0 radical (unpaired) electrons. The molecule has 4 nitrogen and oxygen atoms in total. The SMILES string of the molecule is COc1ccc(/C=N/c2sc3c(c2C(=O)Nc2ccc(Br)cc2)CCC(C(C)(C)C)C3)cc1. The molecule has 0 saturated heterocycles. The van der Waals surface area contributed by atoms with E-state index >= 15 is 0 Å². The van der Waals surface area contributed by atoms with E-state index in [9.17, 15) is 4.79 Å². The second kappa shape index (κ2) is 9.82. The summed E-state index contributed by atoms with van der Waals surface area (Å²) in [7, 11) is 1.65. The maximum atomic E-state index is 13.4. The predicted octanol–water partition coefficient (Wildman–Crippen LogP) is 7.67. The molecule has 1 N–H and O–H groups in total. The summed E-state index contributed by atoms with van der Waals surface area (Å²) in [6.07, 6.45) is 4.83. The van der Waals surface area contributed by atoms with Gasteiger partial charge in [-0.2, -0.15) is 0 Å². The van der Waals surface area contributed by atoms with Crippen LogP contribution in [0.15, 0.2) is 58.0 Å². The first kappa shape index (κ1) is 23.7. The fraction of sp³-hybridized carbons (Fsp3) is 0.333. The molecule has 1 aliphatic rings. The summed E-state index contributed by atoms with van der Waals surface area (Å²) in [5.41, 5.74) is 3.87. The monoisotopic (exact) mass is 524 g/mol. The van der Waals surface area contributed by atoms with Crippen molar-refractivity contribution in [1.82, 2.24) is 0 Å². The van der Waals surface area contributed by atoms with Crippen LogP contribution in [-0.4, -0.2) is 19.2 Å². The third kappa shape index (κ3) is 5.56. The van der Waals surface area contributed by atoms with Gasteiger partial charge in [-0.05, 0) is 90.3 Å². The highest BCUT2D eigenvalue weighted by atomic mass is 79.9. The number of benzene rings is 2. The highest BCUT2D eigenvalue weighted by Crippen LogP contribution is 2.45. The summed E-state index contributed by atoms with van der Waals surface area (Å²) in [4.78, 5) is 19.5. The van der Waals surface area contributed by atoms with Crippen molar-refractivity contribution in [1.29, 1.82) is 0 Å². The third-order valence-electron chi connectivity index (χ3n) is 6.25. The van der Waals surface area contributed by atoms with Gasteiger partial charge in [0.1, 0.15) is 10.8 Å². The van der Waals surface area contributed by atoms with Crippen molar-refractivity contribution >= 4 is 50.1 Å². The van der Waals surface area contributed by atoms with Crippen LogP contribution in [0.25, 0.3) is 0 Å². The number of hydrogen-bond donors (Lipinski definition) is 1. The summed E-state index contributed by atoms with van der Waals surface area (Å²) in [6.45, 7) is 6.92. The molecule has 172 valence electrons. The van der Waals surface area contributed by atoms with Crippen LogP contribution in [0.1, 0.15) is 53.6 Å². The predicted molar refractivity (Wildman–Crippen MR) is 142 cm³/mol. The van der Waals surface area contributed by atoms with Crippen molar-refractivity contribution in [2.45, 2.75) is 40.0 Å². The standard InChI is InChI=1S/C27H29BrN2O2S/c1-27(2,3)18-7-14-22-23(15-18)33-26(29-16-17-5-12-21(32-4)13-6-17)24(22)25(31)30-20-10-8-19(28)9-11-20/h5-6,8-13,16,18H,7,14-15H2,1-4H3,(H,30,31)/b29-16+. The van der Waals surface area contributed by atoms with Crippen LogP contribution >= 0.6 is 27.3 Å². The van der Waals surface area contributed by atoms with E-state index in [1.54, 1.807) is 18.4 Å². The molecule has 1 aromatic heterocycles. The normalized spacial score (nSPS) is 16.0. The first-order chi connectivity index (χ1) is 15.7. The highest BCUT2D eigenvalue weighted by molar-refractivity contribution is 9.10. The average Bonchev–Trinajstić information content (AvgIpc) is 3.16. The number of ether oxygens (including phenoxy) is 1. The van der Waals surface area contributed by atoms with Crippen LogP contribution in [0.3, 0.4) is 0 Å². The summed E-state index contributed by atoms with van der Waals surface area (Å²) >= 11 is 5.11. The maximum Gasteiger partial charge on any atom is 0.259 e. The molecular weight excluding hydrogens is 496 g/mol. The van der Waals surface area contributed by atoms with E-state index in [1.807, 2.05) is 54.7 Å². The number of nitrogens with one attached hydrogen (secondary N) is 1. The van der Waals surface area contributed by atoms with Gasteiger partial charge in [0.15, 0.2) is 0 Å². The zero-order valence-electron chi connectivity index (χ0n) is 19.4. The van der Waals surface area contributed by atoms with E-state index in [0.717, 1.165) is 56.9 Å². The zero-order valence-corrected chi connectivity index (χ0v) is 21.8. The average molecular weight is 526 g/mol. The summed E-state index contributed by atoms with van der Waals surface area (Å²) < 4.78 is 6.22. The number of methoxy groups -OCH3 is 1. The van der Waals surface area contributed by atoms with Crippen molar-refractivity contribution in [2.24, 2.45) is 16.3 Å². The lowest BCUT2D eigenvalue weighted by Crippen LogP contribution is -2.27. The van der Waals surface area contributed by atoms with E-state index in [4.69, 9.17) is 9.73 Å². The van der Waals surface area contributed by atoms with Crippen LogP contribution in [-0.2, 0) is 12.8 Å². The van der Waals surface area contributed by atoms with E-state index in [2.05, 4.69) is 42.0 Å². The smallest absolute Gasteiger partial charge is 0.259 e. The second-order valence-corrected chi connectivity index (χ2v) is 11.5.